The molecule has 7 nitrogen and oxygen atoms in total. The molecule has 0 radical (unpaired) electrons. The van der Waals surface area contributed by atoms with Crippen molar-refractivity contribution in [2.75, 3.05) is 20.0 Å². The Labute approximate surface area is 154 Å². The SMILES string of the molecule is COC(=O)c1sc(N)c(C(=O)OC)c1COC(=O)/C=C/c1ccccc1. The van der Waals surface area contributed by atoms with Crippen molar-refractivity contribution in [1.29, 1.82) is 0 Å². The number of ether oxygens (including phenoxy) is 3. The summed E-state index contributed by atoms with van der Waals surface area (Å²) in [7, 11) is 2.39. The van der Waals surface area contributed by atoms with Crippen molar-refractivity contribution in [3.63, 3.8) is 0 Å². The highest BCUT2D eigenvalue weighted by Crippen LogP contribution is 2.33. The molecular formula is C18H17NO6S. The van der Waals surface area contributed by atoms with Gasteiger partial charge in [0.1, 0.15) is 22.0 Å². The molecule has 8 heteroatoms. The zero-order valence-electron chi connectivity index (χ0n) is 14.2. The molecule has 0 unspecified atom stereocenters. The first-order chi connectivity index (χ1) is 12.5. The number of hydrogen-bond donors (Lipinski definition) is 1. The Bertz CT molecular complexity index is 841. The number of methoxy groups -OCH3 is 2. The molecule has 0 saturated heterocycles. The number of nitrogen functional groups attached to an aromatic ring is 1. The molecule has 0 amide bonds. The van der Waals surface area contributed by atoms with E-state index in [1.54, 1.807) is 6.08 Å². The number of carbonyl (C=O) groups excluding carboxylic acids is 3. The lowest BCUT2D eigenvalue weighted by atomic mass is 10.1. The second-order valence-electron chi connectivity index (χ2n) is 4.98. The minimum atomic E-state index is -0.722. The van der Waals surface area contributed by atoms with Crippen LogP contribution in [0.15, 0.2) is 36.4 Å². The van der Waals surface area contributed by atoms with Gasteiger partial charge in [-0.25, -0.2) is 14.4 Å². The molecule has 26 heavy (non-hydrogen) atoms. The first kappa shape index (κ1) is 19.2. The number of esters is 3. The topological polar surface area (TPSA) is 105 Å². The Morgan fingerprint density at radius 2 is 1.73 bits per heavy atom. The summed E-state index contributed by atoms with van der Waals surface area (Å²) in [6.07, 6.45) is 2.84. The second-order valence-corrected chi connectivity index (χ2v) is 6.04. The van der Waals surface area contributed by atoms with Gasteiger partial charge in [0.05, 0.1) is 14.2 Å². The maximum atomic E-state index is 11.9. The first-order valence-corrected chi connectivity index (χ1v) is 8.27. The second kappa shape index (κ2) is 8.82. The Hall–Kier alpha value is -3.13. The summed E-state index contributed by atoms with van der Waals surface area (Å²) in [5, 5.41) is 0.0862. The molecule has 0 atom stereocenters. The van der Waals surface area contributed by atoms with Crippen molar-refractivity contribution < 1.29 is 28.6 Å². The first-order valence-electron chi connectivity index (χ1n) is 7.45. The molecule has 0 bridgehead atoms. The molecule has 1 heterocycles. The fourth-order valence-corrected chi connectivity index (χ4v) is 3.11. The molecule has 2 aromatic rings. The van der Waals surface area contributed by atoms with Gasteiger partial charge in [-0.1, -0.05) is 30.3 Å². The Morgan fingerprint density at radius 1 is 1.08 bits per heavy atom. The number of thiophene rings is 1. The molecule has 1 aromatic carbocycles. The third-order valence-electron chi connectivity index (χ3n) is 3.36. The van der Waals surface area contributed by atoms with Crippen molar-refractivity contribution in [2.24, 2.45) is 0 Å². The Kier molecular flexibility index (Phi) is 6.51. The van der Waals surface area contributed by atoms with Crippen molar-refractivity contribution in [3.05, 3.63) is 58.0 Å². The summed E-state index contributed by atoms with van der Waals surface area (Å²) in [6.45, 7) is -0.319. The zero-order chi connectivity index (χ0) is 19.1. The Morgan fingerprint density at radius 3 is 2.35 bits per heavy atom. The summed E-state index contributed by atoms with van der Waals surface area (Å²) in [5.74, 6) is -2.03. The Balaban J connectivity index is 2.19. The number of anilines is 1. The molecule has 136 valence electrons. The van der Waals surface area contributed by atoms with E-state index in [-0.39, 0.29) is 27.6 Å². The van der Waals surface area contributed by atoms with Gasteiger partial charge in [0.2, 0.25) is 0 Å². The van der Waals surface area contributed by atoms with E-state index in [1.807, 2.05) is 30.3 Å². The van der Waals surface area contributed by atoms with Gasteiger partial charge in [-0.05, 0) is 11.6 Å². The van der Waals surface area contributed by atoms with Gasteiger partial charge in [0.25, 0.3) is 0 Å². The van der Waals surface area contributed by atoms with E-state index in [9.17, 15) is 14.4 Å². The van der Waals surface area contributed by atoms with Crippen LogP contribution in [0.25, 0.3) is 6.08 Å². The highest BCUT2D eigenvalue weighted by Gasteiger charge is 2.27. The summed E-state index contributed by atoms with van der Waals surface area (Å²) in [6, 6.07) is 9.19. The van der Waals surface area contributed by atoms with Crippen LogP contribution in [0.5, 0.6) is 0 Å². The molecule has 2 rings (SSSR count). The number of carbonyl (C=O) groups is 3. The van der Waals surface area contributed by atoms with Crippen LogP contribution in [0.4, 0.5) is 5.00 Å². The van der Waals surface area contributed by atoms with Gasteiger partial charge in [-0.3, -0.25) is 0 Å². The highest BCUT2D eigenvalue weighted by molar-refractivity contribution is 7.18. The summed E-state index contributed by atoms with van der Waals surface area (Å²) < 4.78 is 14.5. The van der Waals surface area contributed by atoms with Crippen molar-refractivity contribution in [1.82, 2.24) is 0 Å². The van der Waals surface area contributed by atoms with Gasteiger partial charge in [-0.2, -0.15) is 0 Å². The minimum Gasteiger partial charge on any atom is -0.465 e. The van der Waals surface area contributed by atoms with E-state index >= 15 is 0 Å². The van der Waals surface area contributed by atoms with Crippen molar-refractivity contribution in [2.45, 2.75) is 6.61 Å². The van der Waals surface area contributed by atoms with Crippen LogP contribution in [-0.2, 0) is 25.6 Å². The van der Waals surface area contributed by atoms with E-state index < -0.39 is 17.9 Å². The van der Waals surface area contributed by atoms with Gasteiger partial charge in [-0.15, -0.1) is 11.3 Å². The van der Waals surface area contributed by atoms with Gasteiger partial charge < -0.3 is 19.9 Å². The zero-order valence-corrected chi connectivity index (χ0v) is 15.0. The molecule has 0 aliphatic carbocycles. The van der Waals surface area contributed by atoms with Crippen LogP contribution in [0.1, 0.15) is 31.2 Å². The number of nitrogens with two attached hydrogens (primary N) is 1. The van der Waals surface area contributed by atoms with Crippen LogP contribution < -0.4 is 5.73 Å². The van der Waals surface area contributed by atoms with Crippen molar-refractivity contribution in [3.8, 4) is 0 Å². The molecule has 2 N–H and O–H groups in total. The van der Waals surface area contributed by atoms with Gasteiger partial charge in [0.15, 0.2) is 0 Å². The molecule has 1 aromatic heterocycles. The molecular weight excluding hydrogens is 358 g/mol. The molecule has 0 saturated carbocycles. The molecule has 0 aliphatic rings. The minimum absolute atomic E-state index is 0.00209. The monoisotopic (exact) mass is 375 g/mol. The van der Waals surface area contributed by atoms with E-state index in [0.29, 0.717) is 0 Å². The van der Waals surface area contributed by atoms with Crippen LogP contribution in [0.3, 0.4) is 0 Å². The number of hydrogen-bond acceptors (Lipinski definition) is 8. The fourth-order valence-electron chi connectivity index (χ4n) is 2.13. The van der Waals surface area contributed by atoms with Crippen LogP contribution in [0.2, 0.25) is 0 Å². The lowest BCUT2D eigenvalue weighted by Gasteiger charge is -2.06. The smallest absolute Gasteiger partial charge is 0.348 e. The normalized spacial score (nSPS) is 10.5. The predicted octanol–water partition coefficient (Wildman–Crippen LogP) is 2.66. The summed E-state index contributed by atoms with van der Waals surface area (Å²) >= 11 is 0.872. The quantitative estimate of drug-likeness (QED) is 0.470. The van der Waals surface area contributed by atoms with E-state index in [1.165, 1.54) is 20.3 Å². The van der Waals surface area contributed by atoms with Crippen LogP contribution in [0, 0.1) is 0 Å². The van der Waals surface area contributed by atoms with Crippen molar-refractivity contribution >= 4 is 40.3 Å². The average molecular weight is 375 g/mol. The maximum Gasteiger partial charge on any atom is 0.348 e. The third kappa shape index (κ3) is 4.48. The molecule has 0 aliphatic heterocycles. The summed E-state index contributed by atoms with van der Waals surface area (Å²) in [4.78, 5) is 35.8. The third-order valence-corrected chi connectivity index (χ3v) is 4.41. The fraction of sp³-hybridized carbons (Fsp3) is 0.167. The van der Waals surface area contributed by atoms with Crippen LogP contribution >= 0.6 is 11.3 Å². The molecule has 0 spiro atoms. The van der Waals surface area contributed by atoms with E-state index in [4.69, 9.17) is 10.5 Å². The lowest BCUT2D eigenvalue weighted by molar-refractivity contribution is -0.138. The number of benzene rings is 1. The van der Waals surface area contributed by atoms with Crippen LogP contribution in [-0.4, -0.2) is 32.1 Å². The van der Waals surface area contributed by atoms with Gasteiger partial charge in [0, 0.05) is 11.6 Å². The van der Waals surface area contributed by atoms with Gasteiger partial charge >= 0.3 is 17.9 Å². The highest BCUT2D eigenvalue weighted by atomic mass is 32.1. The molecule has 0 fully saturated rings. The summed E-state index contributed by atoms with van der Waals surface area (Å²) in [5.41, 5.74) is 6.79. The standard InChI is InChI=1S/C18H17NO6S/c1-23-17(21)14-12(15(18(22)24-2)26-16(14)19)10-25-13(20)9-8-11-6-4-3-5-7-11/h3-9H,10,19H2,1-2H3/b9-8+. The average Bonchev–Trinajstić information content (AvgIpc) is 3.00. The lowest BCUT2D eigenvalue weighted by Crippen LogP contribution is -2.11. The van der Waals surface area contributed by atoms with E-state index in [2.05, 4.69) is 9.47 Å². The number of rotatable bonds is 6. The predicted molar refractivity (Wildman–Crippen MR) is 96.7 cm³/mol. The van der Waals surface area contributed by atoms with E-state index in [0.717, 1.165) is 16.9 Å². The maximum absolute atomic E-state index is 11.9. The largest absolute Gasteiger partial charge is 0.465 e.